The van der Waals surface area contributed by atoms with Crippen molar-refractivity contribution >= 4 is 22.7 Å². The largest absolute Gasteiger partial charge is 0.496 e. The van der Waals surface area contributed by atoms with Crippen LogP contribution < -0.4 is 19.5 Å². The maximum Gasteiger partial charge on any atom is 0.231 e. The number of nitrogens with zero attached hydrogens (tertiary/aromatic N) is 1. The van der Waals surface area contributed by atoms with Crippen LogP contribution >= 0.6 is 22.7 Å². The minimum atomic E-state index is 0.155. The first kappa shape index (κ1) is 17.3. The van der Waals surface area contributed by atoms with Crippen molar-refractivity contribution in [3.8, 4) is 17.2 Å². The number of rotatable bonds is 7. The first-order valence-corrected chi connectivity index (χ1v) is 10.1. The molecule has 1 N–H and O–H groups in total. The molecule has 5 nitrogen and oxygen atoms in total. The van der Waals surface area contributed by atoms with Gasteiger partial charge < -0.3 is 19.5 Å². The van der Waals surface area contributed by atoms with Gasteiger partial charge in [0.15, 0.2) is 11.5 Å². The van der Waals surface area contributed by atoms with E-state index in [-0.39, 0.29) is 12.8 Å². The summed E-state index contributed by atoms with van der Waals surface area (Å²) in [6.45, 7) is 2.95. The lowest BCUT2D eigenvalue weighted by Gasteiger charge is -2.17. The van der Waals surface area contributed by atoms with Crippen LogP contribution in [0.25, 0.3) is 0 Å². The fourth-order valence-corrected chi connectivity index (χ4v) is 4.56. The van der Waals surface area contributed by atoms with E-state index in [0.717, 1.165) is 39.9 Å². The molecule has 0 saturated heterocycles. The summed E-state index contributed by atoms with van der Waals surface area (Å²) in [4.78, 5) is 6.03. The number of aryl methyl sites for hydroxylation is 1. The number of thiazole rings is 1. The van der Waals surface area contributed by atoms with Gasteiger partial charge in [0.25, 0.3) is 0 Å². The highest BCUT2D eigenvalue weighted by Crippen LogP contribution is 2.38. The van der Waals surface area contributed by atoms with Gasteiger partial charge in [0.2, 0.25) is 6.79 Å². The Labute approximate surface area is 160 Å². The summed E-state index contributed by atoms with van der Waals surface area (Å²) < 4.78 is 16.5. The Hall–Kier alpha value is -2.09. The highest BCUT2D eigenvalue weighted by Gasteiger charge is 2.20. The predicted molar refractivity (Wildman–Crippen MR) is 104 cm³/mol. The normalized spacial score (nSPS) is 13.8. The van der Waals surface area contributed by atoms with Crippen LogP contribution in [-0.2, 0) is 13.0 Å². The SMILES string of the molecule is COc1cc2c(cc1CN[C@H](Cc1cccs1)c1nc(C)cs1)OCO2. The molecular formula is C19H20N2O3S2. The molecule has 3 heterocycles. The third-order valence-corrected chi connectivity index (χ3v) is 6.21. The predicted octanol–water partition coefficient (Wildman–Crippen LogP) is 4.32. The Morgan fingerprint density at radius 3 is 2.81 bits per heavy atom. The molecule has 1 aromatic carbocycles. The molecule has 1 atom stereocenters. The monoisotopic (exact) mass is 388 g/mol. The van der Waals surface area contributed by atoms with Crippen LogP contribution in [0.1, 0.15) is 27.2 Å². The molecule has 3 aromatic rings. The Balaban J connectivity index is 1.54. The minimum absolute atomic E-state index is 0.155. The van der Waals surface area contributed by atoms with Crippen molar-refractivity contribution in [1.82, 2.24) is 10.3 Å². The lowest BCUT2D eigenvalue weighted by Crippen LogP contribution is -2.23. The fraction of sp³-hybridized carbons (Fsp3) is 0.316. The quantitative estimate of drug-likeness (QED) is 0.653. The fourth-order valence-electron chi connectivity index (χ4n) is 2.94. The second-order valence-electron chi connectivity index (χ2n) is 6.06. The molecule has 0 bridgehead atoms. The molecule has 0 saturated carbocycles. The number of methoxy groups -OCH3 is 1. The first-order chi connectivity index (χ1) is 12.7. The van der Waals surface area contributed by atoms with E-state index in [1.807, 2.05) is 19.1 Å². The van der Waals surface area contributed by atoms with E-state index in [1.54, 1.807) is 29.8 Å². The third-order valence-electron chi connectivity index (χ3n) is 4.23. The zero-order valence-electron chi connectivity index (χ0n) is 14.7. The number of nitrogens with one attached hydrogen (secondary N) is 1. The van der Waals surface area contributed by atoms with Gasteiger partial charge in [-0.1, -0.05) is 6.07 Å². The maximum absolute atomic E-state index is 5.53. The summed E-state index contributed by atoms with van der Waals surface area (Å²) in [7, 11) is 1.67. The number of hydrogen-bond donors (Lipinski definition) is 1. The van der Waals surface area contributed by atoms with Crippen LogP contribution in [0, 0.1) is 6.92 Å². The highest BCUT2D eigenvalue weighted by molar-refractivity contribution is 7.10. The smallest absolute Gasteiger partial charge is 0.231 e. The van der Waals surface area contributed by atoms with Gasteiger partial charge in [-0.2, -0.15) is 0 Å². The standard InChI is InChI=1S/C19H20N2O3S2/c1-12-10-26-19(21-12)15(7-14-4-3-5-25-14)20-9-13-6-17-18(24-11-23-17)8-16(13)22-2/h3-6,8,10,15,20H,7,9,11H2,1-2H3/t15-/m1/s1. The van der Waals surface area contributed by atoms with Gasteiger partial charge in [0, 0.05) is 40.5 Å². The van der Waals surface area contributed by atoms with Gasteiger partial charge in [-0.3, -0.25) is 0 Å². The van der Waals surface area contributed by atoms with Crippen molar-refractivity contribution in [1.29, 1.82) is 0 Å². The second kappa shape index (κ2) is 7.65. The van der Waals surface area contributed by atoms with Crippen LogP contribution in [0.4, 0.5) is 0 Å². The average Bonchev–Trinajstić information content (AvgIpc) is 3.39. The average molecular weight is 389 g/mol. The van der Waals surface area contributed by atoms with Crippen molar-refractivity contribution in [2.45, 2.75) is 25.9 Å². The van der Waals surface area contributed by atoms with E-state index in [1.165, 1.54) is 4.88 Å². The summed E-state index contributed by atoms with van der Waals surface area (Å²) in [5.74, 6) is 2.30. The molecule has 0 fully saturated rings. The Morgan fingerprint density at radius 2 is 2.12 bits per heavy atom. The Kier molecular flexibility index (Phi) is 5.10. The van der Waals surface area contributed by atoms with Crippen LogP contribution in [-0.4, -0.2) is 18.9 Å². The molecule has 4 rings (SSSR count). The topological polar surface area (TPSA) is 52.6 Å². The van der Waals surface area contributed by atoms with Crippen molar-refractivity contribution in [2.24, 2.45) is 0 Å². The van der Waals surface area contributed by atoms with Crippen LogP contribution in [0.3, 0.4) is 0 Å². The summed E-state index contributed by atoms with van der Waals surface area (Å²) in [6, 6.07) is 8.29. The van der Waals surface area contributed by atoms with E-state index in [0.29, 0.717) is 6.54 Å². The number of thiophene rings is 1. The van der Waals surface area contributed by atoms with E-state index < -0.39 is 0 Å². The number of fused-ring (bicyclic) bond motifs is 1. The molecule has 0 amide bonds. The van der Waals surface area contributed by atoms with Crippen molar-refractivity contribution in [3.05, 3.63) is 56.2 Å². The number of benzene rings is 1. The van der Waals surface area contributed by atoms with E-state index in [2.05, 4.69) is 33.2 Å². The van der Waals surface area contributed by atoms with Gasteiger partial charge >= 0.3 is 0 Å². The Bertz CT molecular complexity index is 877. The maximum atomic E-state index is 5.53. The molecule has 136 valence electrons. The lowest BCUT2D eigenvalue weighted by atomic mass is 10.1. The van der Waals surface area contributed by atoms with Crippen molar-refractivity contribution < 1.29 is 14.2 Å². The zero-order valence-corrected chi connectivity index (χ0v) is 16.3. The molecule has 1 aliphatic heterocycles. The van der Waals surface area contributed by atoms with E-state index in [9.17, 15) is 0 Å². The molecule has 0 unspecified atom stereocenters. The summed E-state index contributed by atoms with van der Waals surface area (Å²) in [6.07, 6.45) is 0.914. The van der Waals surface area contributed by atoms with Gasteiger partial charge in [0.05, 0.1) is 13.2 Å². The van der Waals surface area contributed by atoms with E-state index in [4.69, 9.17) is 14.2 Å². The van der Waals surface area contributed by atoms with Gasteiger partial charge in [-0.15, -0.1) is 22.7 Å². The van der Waals surface area contributed by atoms with Crippen LogP contribution in [0.5, 0.6) is 17.2 Å². The summed E-state index contributed by atoms with van der Waals surface area (Å²) >= 11 is 3.47. The van der Waals surface area contributed by atoms with Crippen LogP contribution in [0.2, 0.25) is 0 Å². The molecule has 7 heteroatoms. The van der Waals surface area contributed by atoms with Crippen LogP contribution in [0.15, 0.2) is 35.0 Å². The summed E-state index contributed by atoms with van der Waals surface area (Å²) in [5.41, 5.74) is 2.10. The molecule has 0 aliphatic carbocycles. The molecule has 2 aromatic heterocycles. The van der Waals surface area contributed by atoms with Gasteiger partial charge in [0.1, 0.15) is 10.8 Å². The molecule has 0 radical (unpaired) electrons. The van der Waals surface area contributed by atoms with E-state index >= 15 is 0 Å². The molecule has 0 spiro atoms. The zero-order chi connectivity index (χ0) is 17.9. The second-order valence-corrected chi connectivity index (χ2v) is 7.98. The lowest BCUT2D eigenvalue weighted by molar-refractivity contribution is 0.174. The molecule has 1 aliphatic rings. The molecule has 26 heavy (non-hydrogen) atoms. The minimum Gasteiger partial charge on any atom is -0.496 e. The molecular weight excluding hydrogens is 368 g/mol. The highest BCUT2D eigenvalue weighted by atomic mass is 32.1. The van der Waals surface area contributed by atoms with Crippen molar-refractivity contribution in [3.63, 3.8) is 0 Å². The Morgan fingerprint density at radius 1 is 1.27 bits per heavy atom. The van der Waals surface area contributed by atoms with Gasteiger partial charge in [-0.25, -0.2) is 4.98 Å². The van der Waals surface area contributed by atoms with Gasteiger partial charge in [-0.05, 0) is 24.4 Å². The number of hydrogen-bond acceptors (Lipinski definition) is 7. The summed E-state index contributed by atoms with van der Waals surface area (Å²) in [5, 5.41) is 8.96. The first-order valence-electron chi connectivity index (χ1n) is 8.37. The van der Waals surface area contributed by atoms with Crippen molar-refractivity contribution in [2.75, 3.05) is 13.9 Å². The number of ether oxygens (including phenoxy) is 3. The third kappa shape index (κ3) is 3.70. The number of aromatic nitrogens is 1.